The maximum Gasteiger partial charge on any atom is 0.197 e. The lowest BCUT2D eigenvalue weighted by atomic mass is 10.1. The van der Waals surface area contributed by atoms with Crippen LogP contribution in [0.15, 0.2) is 83.3 Å². The Morgan fingerprint density at radius 2 is 1.70 bits per heavy atom. The maximum atomic E-state index is 6.08. The average Bonchev–Trinajstić information content (AvgIpc) is 2.80. The first-order valence-electron chi connectivity index (χ1n) is 11.2. The quantitative estimate of drug-likeness (QED) is 0.315. The van der Waals surface area contributed by atoms with E-state index < -0.39 is 0 Å². The van der Waals surface area contributed by atoms with Crippen molar-refractivity contribution < 1.29 is 18.9 Å². The van der Waals surface area contributed by atoms with Crippen LogP contribution >= 0.6 is 11.8 Å². The fourth-order valence-electron chi connectivity index (χ4n) is 3.44. The Hall–Kier alpha value is -2.73. The minimum atomic E-state index is -0.271. The maximum absolute atomic E-state index is 6.08. The summed E-state index contributed by atoms with van der Waals surface area (Å²) < 4.78 is 22.8. The fourth-order valence-corrected chi connectivity index (χ4v) is 4.39. The number of thioether (sulfide) groups is 1. The highest BCUT2D eigenvalue weighted by atomic mass is 32.2. The lowest BCUT2D eigenvalue weighted by molar-refractivity contribution is -0.380. The second kappa shape index (κ2) is 11.4. The van der Waals surface area contributed by atoms with Gasteiger partial charge >= 0.3 is 0 Å². The largest absolute Gasteiger partial charge is 0.489 e. The molecule has 0 atom stereocenters. The third-order valence-electron chi connectivity index (χ3n) is 5.25. The minimum absolute atomic E-state index is 0.133. The van der Waals surface area contributed by atoms with Gasteiger partial charge in [-0.1, -0.05) is 54.1 Å². The molecule has 1 saturated heterocycles. The zero-order chi connectivity index (χ0) is 23.0. The van der Waals surface area contributed by atoms with E-state index in [9.17, 15) is 0 Å². The van der Waals surface area contributed by atoms with Gasteiger partial charge in [0.05, 0.1) is 0 Å². The molecule has 0 spiro atoms. The van der Waals surface area contributed by atoms with Gasteiger partial charge in [0.2, 0.25) is 0 Å². The Morgan fingerprint density at radius 3 is 2.39 bits per heavy atom. The van der Waals surface area contributed by atoms with Gasteiger partial charge in [-0.2, -0.15) is 0 Å². The van der Waals surface area contributed by atoms with Gasteiger partial charge in [-0.15, -0.1) is 11.8 Å². The van der Waals surface area contributed by atoms with Crippen LogP contribution in [0, 0.1) is 13.8 Å². The number of hydrogen-bond acceptors (Lipinski definition) is 5. The molecule has 1 aliphatic heterocycles. The highest BCUT2D eigenvalue weighted by Crippen LogP contribution is 2.28. The van der Waals surface area contributed by atoms with Gasteiger partial charge in [0, 0.05) is 10.6 Å². The molecule has 1 fully saturated rings. The molecule has 1 heterocycles. The molecule has 0 N–H and O–H groups in total. The summed E-state index contributed by atoms with van der Waals surface area (Å²) in [5.74, 6) is 2.58. The molecule has 4 rings (SSSR count). The van der Waals surface area contributed by atoms with Crippen LogP contribution in [-0.2, 0) is 9.47 Å². The van der Waals surface area contributed by atoms with Crippen molar-refractivity contribution in [3.05, 3.63) is 95.1 Å². The molecule has 0 bridgehead atoms. The van der Waals surface area contributed by atoms with Gasteiger partial charge in [0.1, 0.15) is 24.7 Å². The van der Waals surface area contributed by atoms with E-state index in [1.807, 2.05) is 31.2 Å². The molecule has 0 unspecified atom stereocenters. The van der Waals surface area contributed by atoms with E-state index in [4.69, 9.17) is 18.9 Å². The van der Waals surface area contributed by atoms with Gasteiger partial charge in [-0.25, -0.2) is 0 Å². The van der Waals surface area contributed by atoms with E-state index in [1.54, 1.807) is 11.8 Å². The second-order valence-electron chi connectivity index (χ2n) is 8.11. The Morgan fingerprint density at radius 1 is 0.939 bits per heavy atom. The molecule has 3 aromatic carbocycles. The Bertz CT molecular complexity index is 1060. The average molecular weight is 463 g/mol. The number of hydrogen-bond donors (Lipinski definition) is 0. The van der Waals surface area contributed by atoms with Crippen molar-refractivity contribution in [3.63, 3.8) is 0 Å². The van der Waals surface area contributed by atoms with Crippen LogP contribution in [0.3, 0.4) is 0 Å². The van der Waals surface area contributed by atoms with Crippen LogP contribution in [0.5, 0.6) is 11.5 Å². The van der Waals surface area contributed by atoms with E-state index in [0.29, 0.717) is 13.2 Å². The predicted octanol–water partition coefficient (Wildman–Crippen LogP) is 6.66. The highest BCUT2D eigenvalue weighted by Gasteiger charge is 2.27. The molecule has 5 heteroatoms. The van der Waals surface area contributed by atoms with Crippen molar-refractivity contribution in [1.82, 2.24) is 0 Å². The van der Waals surface area contributed by atoms with Gasteiger partial charge < -0.3 is 18.9 Å². The summed E-state index contributed by atoms with van der Waals surface area (Å²) in [5, 5.41) is 0. The zero-order valence-electron chi connectivity index (χ0n) is 19.3. The van der Waals surface area contributed by atoms with Gasteiger partial charge in [0.15, 0.2) is 12.6 Å². The number of rotatable bonds is 10. The zero-order valence-corrected chi connectivity index (χ0v) is 20.1. The Labute approximate surface area is 200 Å². The highest BCUT2D eigenvalue weighted by molar-refractivity contribution is 7.99. The van der Waals surface area contributed by atoms with E-state index in [0.717, 1.165) is 22.8 Å². The number of benzene rings is 3. The van der Waals surface area contributed by atoms with Crippen molar-refractivity contribution in [2.45, 2.75) is 38.2 Å². The summed E-state index contributed by atoms with van der Waals surface area (Å²) >= 11 is 1.80. The smallest absolute Gasteiger partial charge is 0.197 e. The molecule has 4 nitrogen and oxygen atoms in total. The SMILES string of the molecule is Cc1ccc(OCC(=Cc2ccccc2)CSc2ccc(OCC3OC(C)O3)c(C)c2)cc1. The molecule has 0 aromatic heterocycles. The fraction of sp³-hybridized carbons (Fsp3) is 0.286. The van der Waals surface area contributed by atoms with Crippen LogP contribution in [0.4, 0.5) is 0 Å². The van der Waals surface area contributed by atoms with Crippen LogP contribution in [0.1, 0.15) is 23.6 Å². The van der Waals surface area contributed by atoms with Gasteiger partial charge in [-0.05, 0) is 67.8 Å². The first-order valence-corrected chi connectivity index (χ1v) is 12.1. The van der Waals surface area contributed by atoms with Crippen LogP contribution in [0.2, 0.25) is 0 Å². The first-order chi connectivity index (χ1) is 16.0. The minimum Gasteiger partial charge on any atom is -0.489 e. The monoisotopic (exact) mass is 462 g/mol. The van der Waals surface area contributed by atoms with Gasteiger partial charge in [0.25, 0.3) is 0 Å². The molecule has 0 amide bonds. The molecule has 172 valence electrons. The van der Waals surface area contributed by atoms with Gasteiger partial charge in [-0.3, -0.25) is 0 Å². The molecule has 0 saturated carbocycles. The first kappa shape index (κ1) is 23.4. The van der Waals surface area contributed by atoms with E-state index >= 15 is 0 Å². The van der Waals surface area contributed by atoms with Crippen LogP contribution < -0.4 is 9.47 Å². The lowest BCUT2D eigenvalue weighted by Gasteiger charge is -2.33. The van der Waals surface area contributed by atoms with E-state index in [2.05, 4.69) is 68.5 Å². The predicted molar refractivity (Wildman–Crippen MR) is 134 cm³/mol. The summed E-state index contributed by atoms with van der Waals surface area (Å²) in [7, 11) is 0. The normalized spacial score (nSPS) is 18.0. The standard InChI is InChI=1S/C28H30O4S/c1-20-9-11-25(12-10-20)29-17-24(16-23-7-5-4-6-8-23)19-33-26-13-14-27(21(2)15-26)30-18-28-31-22(3)32-28/h4-16,22,28H,17-19H2,1-3H3. The summed E-state index contributed by atoms with van der Waals surface area (Å²) in [6.45, 7) is 6.96. The molecule has 0 radical (unpaired) electrons. The summed E-state index contributed by atoms with van der Waals surface area (Å²) in [5.41, 5.74) is 4.72. The third-order valence-corrected chi connectivity index (χ3v) is 6.35. The topological polar surface area (TPSA) is 36.9 Å². The van der Waals surface area contributed by atoms with Crippen molar-refractivity contribution >= 4 is 17.8 Å². The van der Waals surface area contributed by atoms with Crippen molar-refractivity contribution in [2.75, 3.05) is 19.0 Å². The molecule has 33 heavy (non-hydrogen) atoms. The Kier molecular flexibility index (Phi) is 8.10. The Balaban J connectivity index is 1.37. The third kappa shape index (κ3) is 7.13. The molecule has 3 aromatic rings. The van der Waals surface area contributed by atoms with Crippen molar-refractivity contribution in [3.8, 4) is 11.5 Å². The van der Waals surface area contributed by atoms with E-state index in [1.165, 1.54) is 21.6 Å². The van der Waals surface area contributed by atoms with Crippen molar-refractivity contribution in [2.24, 2.45) is 0 Å². The summed E-state index contributed by atoms with van der Waals surface area (Å²) in [6.07, 6.45) is 1.81. The number of ether oxygens (including phenoxy) is 4. The summed E-state index contributed by atoms with van der Waals surface area (Å²) in [4.78, 5) is 1.19. The lowest BCUT2D eigenvalue weighted by Crippen LogP contribution is -2.42. The van der Waals surface area contributed by atoms with Crippen LogP contribution in [0.25, 0.3) is 6.08 Å². The molecular formula is C28H30O4S. The second-order valence-corrected chi connectivity index (χ2v) is 9.16. The molecule has 0 aliphatic carbocycles. The number of aryl methyl sites for hydroxylation is 2. The van der Waals surface area contributed by atoms with E-state index in [-0.39, 0.29) is 12.6 Å². The summed E-state index contributed by atoms with van der Waals surface area (Å²) in [6, 6.07) is 24.8. The van der Waals surface area contributed by atoms with Crippen LogP contribution in [-0.4, -0.2) is 31.5 Å². The molecule has 1 aliphatic rings. The molecular weight excluding hydrogens is 432 g/mol. The van der Waals surface area contributed by atoms with Crippen molar-refractivity contribution in [1.29, 1.82) is 0 Å².